The van der Waals surface area contributed by atoms with Gasteiger partial charge in [-0.1, -0.05) is 0 Å². The molecule has 0 saturated heterocycles. The van der Waals surface area contributed by atoms with Crippen LogP contribution in [-0.4, -0.2) is 21.3 Å². The smallest absolute Gasteiger partial charge is 0.151 e. The van der Waals surface area contributed by atoms with Crippen LogP contribution in [0.25, 0.3) is 0 Å². The number of hydrogen-bond donors (Lipinski definition) is 1. The molecular weight excluding hydrogens is 232 g/mol. The first-order chi connectivity index (χ1) is 8.15. The molecule has 92 valence electrons. The number of thiophene rings is 1. The van der Waals surface area contributed by atoms with E-state index in [0.717, 1.165) is 18.8 Å². The quantitative estimate of drug-likeness (QED) is 0.883. The molecular formula is C12H18N4S. The van der Waals surface area contributed by atoms with Crippen molar-refractivity contribution in [3.05, 3.63) is 34.0 Å². The number of nitrogens with one attached hydrogen (secondary N) is 1. The SMILES string of the molecule is Cc1ccc(C(C)NCCc2ncn(C)n2)s1. The second-order valence-corrected chi connectivity index (χ2v) is 5.53. The van der Waals surface area contributed by atoms with Crippen molar-refractivity contribution in [1.82, 2.24) is 20.1 Å². The van der Waals surface area contributed by atoms with E-state index < -0.39 is 0 Å². The van der Waals surface area contributed by atoms with Crippen LogP contribution in [0, 0.1) is 6.92 Å². The van der Waals surface area contributed by atoms with Gasteiger partial charge in [0.05, 0.1) is 0 Å². The summed E-state index contributed by atoms with van der Waals surface area (Å²) in [5.41, 5.74) is 0. The van der Waals surface area contributed by atoms with Crippen molar-refractivity contribution in [3.8, 4) is 0 Å². The second-order valence-electron chi connectivity index (χ2n) is 4.21. The molecule has 0 aliphatic rings. The van der Waals surface area contributed by atoms with E-state index in [2.05, 4.69) is 41.4 Å². The van der Waals surface area contributed by atoms with Crippen LogP contribution < -0.4 is 5.32 Å². The number of hydrogen-bond acceptors (Lipinski definition) is 4. The molecule has 0 amide bonds. The van der Waals surface area contributed by atoms with E-state index >= 15 is 0 Å². The fourth-order valence-corrected chi connectivity index (χ4v) is 2.59. The molecule has 0 fully saturated rings. The van der Waals surface area contributed by atoms with Gasteiger partial charge < -0.3 is 5.32 Å². The van der Waals surface area contributed by atoms with E-state index in [0.29, 0.717) is 6.04 Å². The molecule has 17 heavy (non-hydrogen) atoms. The maximum absolute atomic E-state index is 4.25. The molecule has 0 aliphatic carbocycles. The Bertz CT molecular complexity index is 474. The van der Waals surface area contributed by atoms with Crippen LogP contribution >= 0.6 is 11.3 Å². The van der Waals surface area contributed by atoms with Gasteiger partial charge in [0.25, 0.3) is 0 Å². The third-order valence-corrected chi connectivity index (χ3v) is 3.82. The standard InChI is InChI=1S/C12H18N4S/c1-9-4-5-11(17-9)10(2)13-7-6-12-14-8-16(3)15-12/h4-5,8,10,13H,6-7H2,1-3H3. The molecule has 0 aliphatic heterocycles. The van der Waals surface area contributed by atoms with Crippen LogP contribution in [0.1, 0.15) is 28.5 Å². The molecule has 2 aromatic heterocycles. The summed E-state index contributed by atoms with van der Waals surface area (Å²) in [6, 6.07) is 4.76. The van der Waals surface area contributed by atoms with Crippen LogP contribution in [0.3, 0.4) is 0 Å². The van der Waals surface area contributed by atoms with E-state index in [1.165, 1.54) is 9.75 Å². The monoisotopic (exact) mass is 250 g/mol. The molecule has 5 heteroatoms. The Kier molecular flexibility index (Phi) is 3.91. The Hall–Kier alpha value is -1.20. The number of aromatic nitrogens is 3. The minimum Gasteiger partial charge on any atom is -0.309 e. The Labute approximate surface area is 106 Å². The number of aryl methyl sites for hydroxylation is 2. The zero-order valence-corrected chi connectivity index (χ0v) is 11.3. The lowest BCUT2D eigenvalue weighted by Crippen LogP contribution is -2.21. The molecule has 1 N–H and O–H groups in total. The maximum atomic E-state index is 4.25. The summed E-state index contributed by atoms with van der Waals surface area (Å²) in [5.74, 6) is 0.898. The molecule has 0 saturated carbocycles. The van der Waals surface area contributed by atoms with Gasteiger partial charge in [-0.05, 0) is 26.0 Å². The van der Waals surface area contributed by atoms with Gasteiger partial charge in [-0.25, -0.2) is 4.98 Å². The van der Waals surface area contributed by atoms with E-state index in [1.54, 1.807) is 11.0 Å². The molecule has 4 nitrogen and oxygen atoms in total. The fourth-order valence-electron chi connectivity index (χ4n) is 1.69. The normalized spacial score (nSPS) is 12.9. The summed E-state index contributed by atoms with van der Waals surface area (Å²) in [6.07, 6.45) is 2.61. The maximum Gasteiger partial charge on any atom is 0.151 e. The summed E-state index contributed by atoms with van der Waals surface area (Å²) in [7, 11) is 1.89. The van der Waals surface area contributed by atoms with Crippen molar-refractivity contribution in [2.24, 2.45) is 7.05 Å². The van der Waals surface area contributed by atoms with Crippen LogP contribution in [0.4, 0.5) is 0 Å². The average Bonchev–Trinajstić information content (AvgIpc) is 2.88. The van der Waals surface area contributed by atoms with Crippen molar-refractivity contribution in [2.75, 3.05) is 6.54 Å². The molecule has 0 aromatic carbocycles. The predicted molar refractivity (Wildman–Crippen MR) is 70.2 cm³/mol. The highest BCUT2D eigenvalue weighted by molar-refractivity contribution is 7.12. The van der Waals surface area contributed by atoms with Crippen molar-refractivity contribution >= 4 is 11.3 Å². The topological polar surface area (TPSA) is 42.7 Å². The average molecular weight is 250 g/mol. The molecule has 1 atom stereocenters. The van der Waals surface area contributed by atoms with E-state index in [4.69, 9.17) is 0 Å². The van der Waals surface area contributed by atoms with Gasteiger partial charge in [0.2, 0.25) is 0 Å². The van der Waals surface area contributed by atoms with Gasteiger partial charge in [-0.3, -0.25) is 4.68 Å². The third kappa shape index (κ3) is 3.38. The molecule has 0 spiro atoms. The fraction of sp³-hybridized carbons (Fsp3) is 0.500. The first kappa shape index (κ1) is 12.3. The Morgan fingerprint density at radius 3 is 2.88 bits per heavy atom. The molecule has 0 bridgehead atoms. The number of nitrogens with zero attached hydrogens (tertiary/aromatic N) is 3. The first-order valence-corrected chi connectivity index (χ1v) is 6.61. The van der Waals surface area contributed by atoms with Gasteiger partial charge >= 0.3 is 0 Å². The van der Waals surface area contributed by atoms with Crippen molar-refractivity contribution < 1.29 is 0 Å². The largest absolute Gasteiger partial charge is 0.309 e. The van der Waals surface area contributed by atoms with Crippen LogP contribution in [0.5, 0.6) is 0 Å². The highest BCUT2D eigenvalue weighted by atomic mass is 32.1. The van der Waals surface area contributed by atoms with E-state index in [1.807, 2.05) is 18.4 Å². The van der Waals surface area contributed by atoms with E-state index in [-0.39, 0.29) is 0 Å². The van der Waals surface area contributed by atoms with Crippen molar-refractivity contribution in [2.45, 2.75) is 26.3 Å². The van der Waals surface area contributed by atoms with Crippen LogP contribution in [-0.2, 0) is 13.5 Å². The lowest BCUT2D eigenvalue weighted by atomic mass is 10.2. The first-order valence-electron chi connectivity index (χ1n) is 5.79. The molecule has 2 aromatic rings. The summed E-state index contributed by atoms with van der Waals surface area (Å²) < 4.78 is 1.74. The highest BCUT2D eigenvalue weighted by Crippen LogP contribution is 2.21. The minimum absolute atomic E-state index is 0.400. The zero-order valence-electron chi connectivity index (χ0n) is 10.5. The second kappa shape index (κ2) is 5.42. The summed E-state index contributed by atoms with van der Waals surface area (Å²) in [4.78, 5) is 6.95. The Morgan fingerprint density at radius 1 is 1.47 bits per heavy atom. The van der Waals surface area contributed by atoms with Crippen LogP contribution in [0.15, 0.2) is 18.5 Å². The Balaban J connectivity index is 1.78. The summed E-state index contributed by atoms with van der Waals surface area (Å²) >= 11 is 1.85. The van der Waals surface area contributed by atoms with Crippen molar-refractivity contribution in [3.63, 3.8) is 0 Å². The predicted octanol–water partition coefficient (Wildman–Crippen LogP) is 2.08. The molecule has 2 rings (SSSR count). The van der Waals surface area contributed by atoms with Gasteiger partial charge in [-0.15, -0.1) is 11.3 Å². The summed E-state index contributed by atoms with van der Waals surface area (Å²) in [6.45, 7) is 5.23. The van der Waals surface area contributed by atoms with Gasteiger partial charge in [0, 0.05) is 35.8 Å². The Morgan fingerprint density at radius 2 is 2.29 bits per heavy atom. The van der Waals surface area contributed by atoms with Gasteiger partial charge in [-0.2, -0.15) is 5.10 Å². The molecule has 2 heterocycles. The van der Waals surface area contributed by atoms with Crippen molar-refractivity contribution in [1.29, 1.82) is 0 Å². The summed E-state index contributed by atoms with van der Waals surface area (Å²) in [5, 5.41) is 7.74. The van der Waals surface area contributed by atoms with Gasteiger partial charge in [0.1, 0.15) is 6.33 Å². The minimum atomic E-state index is 0.400. The van der Waals surface area contributed by atoms with Gasteiger partial charge in [0.15, 0.2) is 5.82 Å². The van der Waals surface area contributed by atoms with E-state index in [9.17, 15) is 0 Å². The lowest BCUT2D eigenvalue weighted by Gasteiger charge is -2.10. The zero-order chi connectivity index (χ0) is 12.3. The highest BCUT2D eigenvalue weighted by Gasteiger charge is 2.07. The molecule has 1 unspecified atom stereocenters. The van der Waals surface area contributed by atoms with Crippen LogP contribution in [0.2, 0.25) is 0 Å². The third-order valence-electron chi connectivity index (χ3n) is 2.63. The number of rotatable bonds is 5. The molecule has 0 radical (unpaired) electrons. The lowest BCUT2D eigenvalue weighted by molar-refractivity contribution is 0.575.